The van der Waals surface area contributed by atoms with Gasteiger partial charge >= 0.3 is 12.1 Å². The summed E-state index contributed by atoms with van der Waals surface area (Å²) in [6.45, 7) is 5.57. The number of aliphatic hydroxyl groups excluding tert-OH is 1. The molecule has 1 aromatic rings. The van der Waals surface area contributed by atoms with E-state index in [9.17, 15) is 24.3 Å². The van der Waals surface area contributed by atoms with Crippen LogP contribution in [0.15, 0.2) is 30.3 Å². The molecule has 0 radical (unpaired) electrons. The van der Waals surface area contributed by atoms with Gasteiger partial charge in [0, 0.05) is 13.0 Å². The predicted molar refractivity (Wildman–Crippen MR) is 138 cm³/mol. The Hall–Kier alpha value is -3.14. The van der Waals surface area contributed by atoms with Crippen LogP contribution in [0.5, 0.6) is 0 Å². The summed E-state index contributed by atoms with van der Waals surface area (Å²) < 4.78 is 5.28. The fourth-order valence-corrected chi connectivity index (χ4v) is 3.88. The number of aryl methyl sites for hydroxylation is 1. The number of amides is 3. The molecule has 2 rings (SSSR count). The highest BCUT2D eigenvalue weighted by Crippen LogP contribution is 2.34. The SMILES string of the molecule is CC(C)(C)OC(=O)NC(CC1CC1)C(O)CC(=O)N[C@@H](CCC(=O)O)C(=O)NCCCc1ccccc1. The van der Waals surface area contributed by atoms with Crippen LogP contribution in [0, 0.1) is 5.92 Å². The normalized spacial score (nSPS) is 15.7. The number of benzene rings is 1. The van der Waals surface area contributed by atoms with Crippen LogP contribution < -0.4 is 16.0 Å². The van der Waals surface area contributed by atoms with E-state index in [0.29, 0.717) is 25.3 Å². The van der Waals surface area contributed by atoms with Gasteiger partial charge in [-0.2, -0.15) is 0 Å². The Labute approximate surface area is 218 Å². The third kappa shape index (κ3) is 13.1. The summed E-state index contributed by atoms with van der Waals surface area (Å²) in [6.07, 6.45) is 1.36. The second-order valence-electron chi connectivity index (χ2n) is 10.6. The van der Waals surface area contributed by atoms with Crippen molar-refractivity contribution in [1.82, 2.24) is 16.0 Å². The molecule has 1 fully saturated rings. The van der Waals surface area contributed by atoms with Crippen LogP contribution in [0.3, 0.4) is 0 Å². The number of alkyl carbamates (subject to hydrolysis) is 1. The number of hydrogen-bond acceptors (Lipinski definition) is 6. The Kier molecular flexibility index (Phi) is 11.8. The van der Waals surface area contributed by atoms with Crippen LogP contribution in [0.1, 0.15) is 71.3 Å². The summed E-state index contributed by atoms with van der Waals surface area (Å²) >= 11 is 0. The van der Waals surface area contributed by atoms with Crippen molar-refractivity contribution in [3.05, 3.63) is 35.9 Å². The fraction of sp³-hybridized carbons (Fsp3) is 0.630. The molecule has 0 saturated heterocycles. The van der Waals surface area contributed by atoms with Crippen LogP contribution in [0.25, 0.3) is 0 Å². The van der Waals surface area contributed by atoms with Crippen LogP contribution in [-0.2, 0) is 25.5 Å². The molecule has 206 valence electrons. The van der Waals surface area contributed by atoms with Gasteiger partial charge in [-0.1, -0.05) is 43.2 Å². The maximum atomic E-state index is 12.7. The molecule has 1 aliphatic rings. The van der Waals surface area contributed by atoms with E-state index in [2.05, 4.69) is 16.0 Å². The molecular weight excluding hydrogens is 478 g/mol. The summed E-state index contributed by atoms with van der Waals surface area (Å²) in [5.41, 5.74) is 0.435. The lowest BCUT2D eigenvalue weighted by Crippen LogP contribution is -2.50. The number of carboxylic acids is 1. The standard InChI is InChI=1S/C27H41N3O7/c1-27(2,3)37-26(36)30-21(16-19-11-12-19)22(31)17-23(32)29-20(13-14-24(33)34)25(35)28-15-7-10-18-8-5-4-6-9-18/h4-6,8-9,19-22,31H,7,10-17H2,1-3H3,(H,28,35)(H,29,32)(H,30,36)(H,33,34)/t20-,21?,22?/m0/s1. The van der Waals surface area contributed by atoms with E-state index in [0.717, 1.165) is 24.8 Å². The number of carboxylic acid groups (broad SMARTS) is 1. The summed E-state index contributed by atoms with van der Waals surface area (Å²) in [5.74, 6) is -1.79. The molecule has 5 N–H and O–H groups in total. The van der Waals surface area contributed by atoms with Crippen molar-refractivity contribution in [2.24, 2.45) is 5.92 Å². The highest BCUT2D eigenvalue weighted by Gasteiger charge is 2.33. The first-order chi connectivity index (χ1) is 17.4. The lowest BCUT2D eigenvalue weighted by Gasteiger charge is -2.27. The van der Waals surface area contributed by atoms with Gasteiger partial charge in [0.15, 0.2) is 0 Å². The number of carbonyl (C=O) groups excluding carboxylic acids is 3. The monoisotopic (exact) mass is 519 g/mol. The Morgan fingerprint density at radius 3 is 2.35 bits per heavy atom. The molecule has 1 aromatic carbocycles. The second-order valence-corrected chi connectivity index (χ2v) is 10.6. The Balaban J connectivity index is 1.89. The number of aliphatic carboxylic acids is 1. The number of nitrogens with one attached hydrogen (secondary N) is 3. The zero-order valence-corrected chi connectivity index (χ0v) is 22.0. The van der Waals surface area contributed by atoms with Crippen molar-refractivity contribution in [1.29, 1.82) is 0 Å². The molecule has 1 aliphatic carbocycles. The van der Waals surface area contributed by atoms with Crippen molar-refractivity contribution >= 4 is 23.9 Å². The van der Waals surface area contributed by atoms with Crippen LogP contribution in [-0.4, -0.2) is 64.4 Å². The van der Waals surface area contributed by atoms with E-state index in [1.54, 1.807) is 20.8 Å². The third-order valence-corrected chi connectivity index (χ3v) is 5.93. The molecule has 1 saturated carbocycles. The van der Waals surface area contributed by atoms with Gasteiger partial charge in [-0.3, -0.25) is 14.4 Å². The lowest BCUT2D eigenvalue weighted by molar-refractivity contribution is -0.138. The summed E-state index contributed by atoms with van der Waals surface area (Å²) in [4.78, 5) is 48.7. The molecule has 0 heterocycles. The smallest absolute Gasteiger partial charge is 0.407 e. The number of hydrogen-bond donors (Lipinski definition) is 5. The van der Waals surface area contributed by atoms with E-state index >= 15 is 0 Å². The van der Waals surface area contributed by atoms with Crippen LogP contribution in [0.4, 0.5) is 4.79 Å². The quantitative estimate of drug-likeness (QED) is 0.223. The van der Waals surface area contributed by atoms with Crippen LogP contribution in [0.2, 0.25) is 0 Å². The molecule has 0 spiro atoms. The van der Waals surface area contributed by atoms with Crippen LogP contribution >= 0.6 is 0 Å². The molecule has 10 nitrogen and oxygen atoms in total. The molecule has 3 amide bonds. The highest BCUT2D eigenvalue weighted by molar-refractivity contribution is 5.88. The topological polar surface area (TPSA) is 154 Å². The summed E-state index contributed by atoms with van der Waals surface area (Å²) in [7, 11) is 0. The molecular formula is C27H41N3O7. The van der Waals surface area contributed by atoms with Gasteiger partial charge in [-0.15, -0.1) is 0 Å². The van der Waals surface area contributed by atoms with Gasteiger partial charge in [0.05, 0.1) is 18.6 Å². The van der Waals surface area contributed by atoms with Gasteiger partial charge < -0.3 is 30.9 Å². The fourth-order valence-electron chi connectivity index (χ4n) is 3.88. The van der Waals surface area contributed by atoms with Gasteiger partial charge in [-0.05, 0) is 57.9 Å². The Bertz CT molecular complexity index is 897. The molecule has 0 bridgehead atoms. The molecule has 0 aromatic heterocycles. The third-order valence-electron chi connectivity index (χ3n) is 5.93. The van der Waals surface area contributed by atoms with Gasteiger partial charge in [0.2, 0.25) is 11.8 Å². The van der Waals surface area contributed by atoms with E-state index in [-0.39, 0.29) is 19.3 Å². The van der Waals surface area contributed by atoms with Crippen molar-refractivity contribution in [2.45, 2.75) is 95.9 Å². The van der Waals surface area contributed by atoms with Crippen molar-refractivity contribution in [2.75, 3.05) is 6.54 Å². The summed E-state index contributed by atoms with van der Waals surface area (Å²) in [5, 5.41) is 27.8. The molecule has 37 heavy (non-hydrogen) atoms. The number of ether oxygens (including phenoxy) is 1. The molecule has 2 unspecified atom stereocenters. The average molecular weight is 520 g/mol. The average Bonchev–Trinajstić information content (AvgIpc) is 3.62. The van der Waals surface area contributed by atoms with Crippen molar-refractivity contribution in [3.63, 3.8) is 0 Å². The molecule has 3 atom stereocenters. The van der Waals surface area contributed by atoms with E-state index in [1.807, 2.05) is 30.3 Å². The maximum Gasteiger partial charge on any atom is 0.407 e. The minimum Gasteiger partial charge on any atom is -0.481 e. The van der Waals surface area contributed by atoms with Gasteiger partial charge in [-0.25, -0.2) is 4.79 Å². The van der Waals surface area contributed by atoms with Gasteiger partial charge in [0.25, 0.3) is 0 Å². The zero-order chi connectivity index (χ0) is 27.4. The first-order valence-electron chi connectivity index (χ1n) is 12.9. The maximum absolute atomic E-state index is 12.7. The van der Waals surface area contributed by atoms with Gasteiger partial charge in [0.1, 0.15) is 11.6 Å². The highest BCUT2D eigenvalue weighted by atomic mass is 16.6. The summed E-state index contributed by atoms with van der Waals surface area (Å²) in [6, 6.07) is 8.08. The van der Waals surface area contributed by atoms with E-state index in [4.69, 9.17) is 9.84 Å². The number of carbonyl (C=O) groups is 4. The molecule has 10 heteroatoms. The second kappa shape index (κ2) is 14.6. The predicted octanol–water partition coefficient (Wildman–Crippen LogP) is 2.53. The Morgan fingerprint density at radius 1 is 1.08 bits per heavy atom. The minimum absolute atomic E-state index is 0.0800. The minimum atomic E-state index is -1.19. The van der Waals surface area contributed by atoms with E-state index in [1.165, 1.54) is 0 Å². The van der Waals surface area contributed by atoms with Crippen molar-refractivity contribution < 1.29 is 34.1 Å². The lowest BCUT2D eigenvalue weighted by atomic mass is 10.0. The van der Waals surface area contributed by atoms with Crippen molar-refractivity contribution in [3.8, 4) is 0 Å². The Morgan fingerprint density at radius 2 is 1.76 bits per heavy atom. The van der Waals surface area contributed by atoms with E-state index < -0.39 is 47.7 Å². The largest absolute Gasteiger partial charge is 0.481 e. The number of aliphatic hydroxyl groups is 1. The zero-order valence-electron chi connectivity index (χ0n) is 22.0. The number of rotatable bonds is 15. The molecule has 0 aliphatic heterocycles. The first-order valence-corrected chi connectivity index (χ1v) is 12.9. The first kappa shape index (κ1) is 30.1.